The van der Waals surface area contributed by atoms with Crippen LogP contribution in [0.2, 0.25) is 0 Å². The Bertz CT molecular complexity index is 419. The molecule has 0 spiro atoms. The maximum Gasteiger partial charge on any atom is 0.199 e. The van der Waals surface area contributed by atoms with E-state index in [1.54, 1.807) is 30.3 Å². The Balaban J connectivity index is 2.59. The van der Waals surface area contributed by atoms with Gasteiger partial charge in [0.1, 0.15) is 0 Å². The third-order valence-corrected chi connectivity index (χ3v) is 3.80. The highest BCUT2D eigenvalue weighted by Crippen LogP contribution is 2.12. The topological polar surface area (TPSA) is 34.1 Å². The minimum absolute atomic E-state index is 0.363. The molecule has 0 N–H and O–H groups in total. The van der Waals surface area contributed by atoms with Crippen LogP contribution < -0.4 is 0 Å². The molecule has 3 heteroatoms. The molecule has 0 unspecified atom stereocenters. The summed E-state index contributed by atoms with van der Waals surface area (Å²) in [5.74, 6) is 0. The van der Waals surface area contributed by atoms with Gasteiger partial charge in [-0.1, -0.05) is 44.0 Å². The Kier molecular flexibility index (Phi) is 5.26. The summed E-state index contributed by atoms with van der Waals surface area (Å²) in [6, 6.07) is 8.51. The van der Waals surface area contributed by atoms with E-state index in [0.29, 0.717) is 4.90 Å². The number of hydrogen-bond acceptors (Lipinski definition) is 2. The van der Waals surface area contributed by atoms with Gasteiger partial charge in [0.2, 0.25) is 0 Å². The maximum absolute atomic E-state index is 11.8. The van der Waals surface area contributed by atoms with Crippen LogP contribution in [-0.2, 0) is 9.84 Å². The number of benzene rings is 1. The Labute approximate surface area is 97.9 Å². The molecular weight excluding hydrogens is 220 g/mol. The van der Waals surface area contributed by atoms with Crippen LogP contribution in [0.25, 0.3) is 0 Å². The van der Waals surface area contributed by atoms with Gasteiger partial charge in [-0.05, 0) is 25.0 Å². The number of unbranched alkanes of at least 4 members (excludes halogenated alkanes) is 3. The fraction of sp³-hybridized carbons (Fsp3) is 0.385. The first-order valence-corrected chi connectivity index (χ1v) is 7.18. The van der Waals surface area contributed by atoms with Crippen LogP contribution in [-0.4, -0.2) is 8.42 Å². The van der Waals surface area contributed by atoms with Crippen LogP contribution in [0, 0.1) is 0 Å². The molecule has 0 fully saturated rings. The quantitative estimate of drug-likeness (QED) is 0.710. The normalized spacial score (nSPS) is 12.1. The SMILES string of the molecule is CCCCC/C=C/S(=O)(=O)c1ccccc1. The molecule has 0 aliphatic heterocycles. The van der Waals surface area contributed by atoms with Gasteiger partial charge in [-0.3, -0.25) is 0 Å². The molecule has 88 valence electrons. The van der Waals surface area contributed by atoms with E-state index in [1.165, 1.54) is 5.41 Å². The van der Waals surface area contributed by atoms with Gasteiger partial charge in [0.15, 0.2) is 9.84 Å². The summed E-state index contributed by atoms with van der Waals surface area (Å²) in [7, 11) is -3.23. The van der Waals surface area contributed by atoms with Gasteiger partial charge >= 0.3 is 0 Å². The molecular formula is C13H18O2S. The molecule has 0 bridgehead atoms. The van der Waals surface area contributed by atoms with Crippen molar-refractivity contribution in [2.75, 3.05) is 0 Å². The molecule has 0 atom stereocenters. The summed E-state index contributed by atoms with van der Waals surface area (Å²) in [5.41, 5.74) is 0. The third kappa shape index (κ3) is 4.19. The van der Waals surface area contributed by atoms with Crippen LogP contribution in [0.15, 0.2) is 46.7 Å². The predicted molar refractivity (Wildman–Crippen MR) is 66.9 cm³/mol. The first-order chi connectivity index (χ1) is 7.67. The van der Waals surface area contributed by atoms with Gasteiger partial charge in [0.25, 0.3) is 0 Å². The Morgan fingerprint density at radius 3 is 2.44 bits per heavy atom. The molecule has 1 rings (SSSR count). The lowest BCUT2D eigenvalue weighted by Gasteiger charge is -1.97. The summed E-state index contributed by atoms with van der Waals surface area (Å²) in [5, 5.41) is 1.32. The fourth-order valence-corrected chi connectivity index (χ4v) is 2.48. The number of allylic oxidation sites excluding steroid dienone is 1. The standard InChI is InChI=1S/C13H18O2S/c1-2-3-4-5-9-12-16(14,15)13-10-7-6-8-11-13/h6-12H,2-5H2,1H3/b12-9+. The summed E-state index contributed by atoms with van der Waals surface area (Å²) >= 11 is 0. The van der Waals surface area contributed by atoms with E-state index < -0.39 is 9.84 Å². The molecule has 0 aromatic heterocycles. The summed E-state index contributed by atoms with van der Waals surface area (Å²) in [6.45, 7) is 2.13. The van der Waals surface area contributed by atoms with Gasteiger partial charge < -0.3 is 0 Å². The van der Waals surface area contributed by atoms with Gasteiger partial charge in [0, 0.05) is 5.41 Å². The number of sulfone groups is 1. The van der Waals surface area contributed by atoms with Crippen LogP contribution in [0.1, 0.15) is 32.6 Å². The smallest absolute Gasteiger partial charge is 0.199 e. The van der Waals surface area contributed by atoms with E-state index in [9.17, 15) is 8.42 Å². The molecule has 2 nitrogen and oxygen atoms in total. The van der Waals surface area contributed by atoms with Gasteiger partial charge in [0.05, 0.1) is 4.90 Å². The van der Waals surface area contributed by atoms with Gasteiger partial charge in [-0.15, -0.1) is 0 Å². The highest BCUT2D eigenvalue weighted by atomic mass is 32.2. The van der Waals surface area contributed by atoms with Gasteiger partial charge in [-0.25, -0.2) is 8.42 Å². The molecule has 0 saturated heterocycles. The zero-order valence-electron chi connectivity index (χ0n) is 9.59. The molecule has 0 heterocycles. The lowest BCUT2D eigenvalue weighted by Crippen LogP contribution is -1.95. The predicted octanol–water partition coefficient (Wildman–Crippen LogP) is 3.55. The van der Waals surface area contributed by atoms with E-state index >= 15 is 0 Å². The lowest BCUT2D eigenvalue weighted by atomic mass is 10.2. The van der Waals surface area contributed by atoms with Crippen molar-refractivity contribution in [3.8, 4) is 0 Å². The van der Waals surface area contributed by atoms with E-state index in [1.807, 2.05) is 6.07 Å². The van der Waals surface area contributed by atoms with Crippen LogP contribution in [0.4, 0.5) is 0 Å². The van der Waals surface area contributed by atoms with Crippen molar-refractivity contribution in [1.29, 1.82) is 0 Å². The van der Waals surface area contributed by atoms with Crippen molar-refractivity contribution in [1.82, 2.24) is 0 Å². The summed E-state index contributed by atoms with van der Waals surface area (Å²) in [6.07, 6.45) is 5.93. The first kappa shape index (κ1) is 13.0. The molecule has 0 radical (unpaired) electrons. The van der Waals surface area contributed by atoms with Crippen molar-refractivity contribution in [3.63, 3.8) is 0 Å². The van der Waals surface area contributed by atoms with Crippen molar-refractivity contribution >= 4 is 9.84 Å². The number of rotatable bonds is 6. The minimum Gasteiger partial charge on any atom is -0.219 e. The molecule has 1 aromatic carbocycles. The lowest BCUT2D eigenvalue weighted by molar-refractivity contribution is 0.604. The van der Waals surface area contributed by atoms with E-state index in [4.69, 9.17) is 0 Å². The Morgan fingerprint density at radius 2 is 1.81 bits per heavy atom. The molecule has 0 amide bonds. The van der Waals surface area contributed by atoms with Crippen molar-refractivity contribution in [2.45, 2.75) is 37.5 Å². The number of hydrogen-bond donors (Lipinski definition) is 0. The van der Waals surface area contributed by atoms with Crippen LogP contribution in [0.3, 0.4) is 0 Å². The second-order valence-corrected chi connectivity index (χ2v) is 5.56. The average Bonchev–Trinajstić information content (AvgIpc) is 2.30. The maximum atomic E-state index is 11.8. The Morgan fingerprint density at radius 1 is 1.12 bits per heavy atom. The second kappa shape index (κ2) is 6.48. The zero-order chi connectivity index (χ0) is 11.9. The highest BCUT2D eigenvalue weighted by molar-refractivity contribution is 7.94. The molecule has 0 aliphatic rings. The largest absolute Gasteiger partial charge is 0.219 e. The molecule has 16 heavy (non-hydrogen) atoms. The fourth-order valence-electron chi connectivity index (χ4n) is 1.40. The van der Waals surface area contributed by atoms with Crippen molar-refractivity contribution in [2.24, 2.45) is 0 Å². The molecule has 1 aromatic rings. The monoisotopic (exact) mass is 238 g/mol. The second-order valence-electron chi connectivity index (χ2n) is 3.73. The Hall–Kier alpha value is -1.09. The minimum atomic E-state index is -3.23. The summed E-state index contributed by atoms with van der Waals surface area (Å²) < 4.78 is 23.6. The third-order valence-electron chi connectivity index (χ3n) is 2.32. The van der Waals surface area contributed by atoms with E-state index in [0.717, 1.165) is 25.7 Å². The highest BCUT2D eigenvalue weighted by Gasteiger charge is 2.07. The average molecular weight is 238 g/mol. The summed E-state index contributed by atoms with van der Waals surface area (Å²) in [4.78, 5) is 0.363. The van der Waals surface area contributed by atoms with Crippen molar-refractivity contribution < 1.29 is 8.42 Å². The van der Waals surface area contributed by atoms with E-state index in [2.05, 4.69) is 6.92 Å². The van der Waals surface area contributed by atoms with Crippen molar-refractivity contribution in [3.05, 3.63) is 41.8 Å². The molecule has 0 aliphatic carbocycles. The van der Waals surface area contributed by atoms with Crippen LogP contribution >= 0.6 is 0 Å². The van der Waals surface area contributed by atoms with E-state index in [-0.39, 0.29) is 0 Å². The van der Waals surface area contributed by atoms with Crippen LogP contribution in [0.5, 0.6) is 0 Å². The zero-order valence-corrected chi connectivity index (χ0v) is 10.4. The molecule has 0 saturated carbocycles. The first-order valence-electron chi connectivity index (χ1n) is 5.63. The van der Waals surface area contributed by atoms with Gasteiger partial charge in [-0.2, -0.15) is 0 Å².